The summed E-state index contributed by atoms with van der Waals surface area (Å²) in [6.07, 6.45) is -0.00269. The summed E-state index contributed by atoms with van der Waals surface area (Å²) < 4.78 is 39.0. The van der Waals surface area contributed by atoms with Gasteiger partial charge >= 0.3 is 0 Å². The standard InChI is InChI=1S/C11H11F3O/c1-6(2)5-9(15)10-7(12)3-4-8(13)11(10)14/h3-4,6H,5H2,1-2H3. The fraction of sp³-hybridized carbons (Fsp3) is 0.364. The van der Waals surface area contributed by atoms with Gasteiger partial charge < -0.3 is 0 Å². The highest BCUT2D eigenvalue weighted by Gasteiger charge is 2.20. The molecule has 0 fully saturated rings. The van der Waals surface area contributed by atoms with Gasteiger partial charge in [-0.15, -0.1) is 0 Å². The van der Waals surface area contributed by atoms with Crippen molar-refractivity contribution < 1.29 is 18.0 Å². The fourth-order valence-corrected chi connectivity index (χ4v) is 1.26. The van der Waals surface area contributed by atoms with Crippen molar-refractivity contribution in [3.05, 3.63) is 35.1 Å². The van der Waals surface area contributed by atoms with Gasteiger partial charge in [-0.3, -0.25) is 4.79 Å². The topological polar surface area (TPSA) is 17.1 Å². The van der Waals surface area contributed by atoms with Crippen LogP contribution in [0.15, 0.2) is 12.1 Å². The van der Waals surface area contributed by atoms with E-state index in [1.54, 1.807) is 13.8 Å². The number of carbonyl (C=O) groups is 1. The molecule has 0 aromatic heterocycles. The molecule has 0 amide bonds. The van der Waals surface area contributed by atoms with E-state index in [-0.39, 0.29) is 12.3 Å². The molecular formula is C11H11F3O. The van der Waals surface area contributed by atoms with Gasteiger partial charge in [0.05, 0.1) is 5.56 Å². The van der Waals surface area contributed by atoms with Crippen molar-refractivity contribution in [1.29, 1.82) is 0 Å². The maximum Gasteiger partial charge on any atom is 0.172 e. The average molecular weight is 216 g/mol. The number of carbonyl (C=O) groups excluding carboxylic acids is 1. The van der Waals surface area contributed by atoms with Crippen molar-refractivity contribution >= 4 is 5.78 Å². The van der Waals surface area contributed by atoms with E-state index in [4.69, 9.17) is 0 Å². The highest BCUT2D eigenvalue weighted by Crippen LogP contribution is 2.19. The quantitative estimate of drug-likeness (QED) is 0.559. The largest absolute Gasteiger partial charge is 0.294 e. The Bertz CT molecular complexity index is 386. The van der Waals surface area contributed by atoms with Crippen LogP contribution >= 0.6 is 0 Å². The second-order valence-corrected chi connectivity index (χ2v) is 3.74. The molecule has 1 aromatic carbocycles. The summed E-state index contributed by atoms with van der Waals surface area (Å²) in [4.78, 5) is 11.4. The van der Waals surface area contributed by atoms with Crippen molar-refractivity contribution in [1.82, 2.24) is 0 Å². The van der Waals surface area contributed by atoms with E-state index in [9.17, 15) is 18.0 Å². The summed E-state index contributed by atoms with van der Waals surface area (Å²) in [7, 11) is 0. The molecule has 0 aliphatic heterocycles. The second-order valence-electron chi connectivity index (χ2n) is 3.74. The predicted molar refractivity (Wildman–Crippen MR) is 50.1 cm³/mol. The van der Waals surface area contributed by atoms with Crippen molar-refractivity contribution in [2.24, 2.45) is 5.92 Å². The van der Waals surface area contributed by atoms with E-state index < -0.39 is 28.8 Å². The first-order chi connectivity index (χ1) is 6.93. The number of Topliss-reactive ketones (excluding diaryl/α,β-unsaturated/α-hetero) is 1. The molecule has 1 nitrogen and oxygen atoms in total. The Morgan fingerprint density at radius 1 is 1.20 bits per heavy atom. The molecule has 0 radical (unpaired) electrons. The first kappa shape index (κ1) is 11.8. The second kappa shape index (κ2) is 4.47. The summed E-state index contributed by atoms with van der Waals surface area (Å²) in [5.41, 5.74) is -0.774. The van der Waals surface area contributed by atoms with E-state index in [1.165, 1.54) is 0 Å². The zero-order valence-corrected chi connectivity index (χ0v) is 8.48. The number of hydrogen-bond acceptors (Lipinski definition) is 1. The van der Waals surface area contributed by atoms with Crippen molar-refractivity contribution in [2.45, 2.75) is 20.3 Å². The molecule has 82 valence electrons. The normalized spacial score (nSPS) is 10.8. The van der Waals surface area contributed by atoms with Crippen LogP contribution in [0, 0.1) is 23.4 Å². The molecule has 1 rings (SSSR count). The molecule has 0 spiro atoms. The molecule has 0 saturated heterocycles. The predicted octanol–water partition coefficient (Wildman–Crippen LogP) is 3.33. The van der Waals surface area contributed by atoms with Gasteiger partial charge in [0.15, 0.2) is 17.4 Å². The molecule has 0 aliphatic rings. The third kappa shape index (κ3) is 2.58. The van der Waals surface area contributed by atoms with Crippen LogP contribution in [0.4, 0.5) is 13.2 Å². The van der Waals surface area contributed by atoms with Crippen molar-refractivity contribution in [2.75, 3.05) is 0 Å². The zero-order chi connectivity index (χ0) is 11.6. The monoisotopic (exact) mass is 216 g/mol. The molecule has 0 bridgehead atoms. The van der Waals surface area contributed by atoms with Crippen LogP contribution in [0.1, 0.15) is 30.6 Å². The number of ketones is 1. The summed E-state index contributed by atoms with van der Waals surface area (Å²) in [5, 5.41) is 0. The molecule has 0 saturated carbocycles. The number of hydrogen-bond donors (Lipinski definition) is 0. The van der Waals surface area contributed by atoms with Gasteiger partial charge in [0.2, 0.25) is 0 Å². The van der Waals surface area contributed by atoms with Gasteiger partial charge in [-0.2, -0.15) is 0 Å². The van der Waals surface area contributed by atoms with Crippen LogP contribution in [-0.4, -0.2) is 5.78 Å². The highest BCUT2D eigenvalue weighted by atomic mass is 19.2. The first-order valence-corrected chi connectivity index (χ1v) is 4.60. The number of benzene rings is 1. The van der Waals surface area contributed by atoms with E-state index >= 15 is 0 Å². The third-order valence-corrected chi connectivity index (χ3v) is 1.92. The van der Waals surface area contributed by atoms with Crippen LogP contribution < -0.4 is 0 Å². The summed E-state index contributed by atoms with van der Waals surface area (Å²) in [5.74, 6) is -4.36. The minimum Gasteiger partial charge on any atom is -0.294 e. The minimum atomic E-state index is -1.40. The molecule has 4 heteroatoms. The van der Waals surface area contributed by atoms with E-state index in [0.29, 0.717) is 6.07 Å². The Morgan fingerprint density at radius 2 is 1.73 bits per heavy atom. The van der Waals surface area contributed by atoms with Crippen LogP contribution in [0.2, 0.25) is 0 Å². The van der Waals surface area contributed by atoms with Crippen LogP contribution in [0.25, 0.3) is 0 Å². The maximum absolute atomic E-state index is 13.1. The van der Waals surface area contributed by atoms with Crippen molar-refractivity contribution in [3.63, 3.8) is 0 Å². The smallest absolute Gasteiger partial charge is 0.172 e. The highest BCUT2D eigenvalue weighted by molar-refractivity contribution is 5.96. The first-order valence-electron chi connectivity index (χ1n) is 4.60. The Kier molecular flexibility index (Phi) is 3.50. The van der Waals surface area contributed by atoms with Gasteiger partial charge in [-0.25, -0.2) is 13.2 Å². The summed E-state index contributed by atoms with van der Waals surface area (Å²) in [6.45, 7) is 3.49. The Balaban J connectivity index is 3.13. The number of rotatable bonds is 3. The molecule has 1 aromatic rings. The Hall–Kier alpha value is -1.32. The van der Waals surface area contributed by atoms with Crippen LogP contribution in [0.5, 0.6) is 0 Å². The molecule has 0 unspecified atom stereocenters. The van der Waals surface area contributed by atoms with E-state index in [0.717, 1.165) is 6.07 Å². The molecular weight excluding hydrogens is 205 g/mol. The minimum absolute atomic E-state index is 0.00269. The van der Waals surface area contributed by atoms with Crippen molar-refractivity contribution in [3.8, 4) is 0 Å². The summed E-state index contributed by atoms with van der Waals surface area (Å²) in [6, 6.07) is 1.42. The summed E-state index contributed by atoms with van der Waals surface area (Å²) >= 11 is 0. The van der Waals surface area contributed by atoms with Gasteiger partial charge in [-0.05, 0) is 18.1 Å². The molecule has 0 N–H and O–H groups in total. The van der Waals surface area contributed by atoms with Gasteiger partial charge in [0.1, 0.15) is 5.82 Å². The Labute approximate surface area is 85.9 Å². The lowest BCUT2D eigenvalue weighted by Gasteiger charge is -2.06. The molecule has 0 atom stereocenters. The van der Waals surface area contributed by atoms with E-state index in [2.05, 4.69) is 0 Å². The van der Waals surface area contributed by atoms with Crippen LogP contribution in [0.3, 0.4) is 0 Å². The lowest BCUT2D eigenvalue weighted by Crippen LogP contribution is -2.10. The molecule has 0 heterocycles. The van der Waals surface area contributed by atoms with Gasteiger partial charge in [0, 0.05) is 6.42 Å². The molecule has 15 heavy (non-hydrogen) atoms. The maximum atomic E-state index is 13.1. The van der Waals surface area contributed by atoms with E-state index in [1.807, 2.05) is 0 Å². The van der Waals surface area contributed by atoms with Gasteiger partial charge in [0.25, 0.3) is 0 Å². The lowest BCUT2D eigenvalue weighted by atomic mass is 10.0. The average Bonchev–Trinajstić information content (AvgIpc) is 2.11. The molecule has 0 aliphatic carbocycles. The lowest BCUT2D eigenvalue weighted by molar-refractivity contribution is 0.0958. The zero-order valence-electron chi connectivity index (χ0n) is 8.48. The van der Waals surface area contributed by atoms with Crippen LogP contribution in [-0.2, 0) is 0 Å². The van der Waals surface area contributed by atoms with Gasteiger partial charge in [-0.1, -0.05) is 13.8 Å². The number of halogens is 3. The Morgan fingerprint density at radius 3 is 2.27 bits per heavy atom. The SMILES string of the molecule is CC(C)CC(=O)c1c(F)ccc(F)c1F. The third-order valence-electron chi connectivity index (χ3n) is 1.92. The fourth-order valence-electron chi connectivity index (χ4n) is 1.26.